The van der Waals surface area contributed by atoms with Crippen LogP contribution in [-0.2, 0) is 0 Å². The number of carbonyl (C=O) groups excluding carboxylic acids is 1. The Morgan fingerprint density at radius 1 is 1.22 bits per heavy atom. The Morgan fingerprint density at radius 2 is 2.00 bits per heavy atom. The molecule has 7 heteroatoms. The fourth-order valence-electron chi connectivity index (χ4n) is 2.73. The van der Waals surface area contributed by atoms with Crippen molar-refractivity contribution < 1.29 is 23.0 Å². The smallest absolute Gasteiger partial charge is 0.387 e. The van der Waals surface area contributed by atoms with Gasteiger partial charge in [-0.1, -0.05) is 30.3 Å². The number of hydrogen-bond acceptors (Lipinski definition) is 4. The molecular weight excluding hydrogens is 354 g/mol. The predicted octanol–water partition coefficient (Wildman–Crippen LogP) is 4.57. The van der Waals surface area contributed by atoms with E-state index in [1.54, 1.807) is 24.3 Å². The summed E-state index contributed by atoms with van der Waals surface area (Å²) < 4.78 is 35.1. The van der Waals surface area contributed by atoms with Gasteiger partial charge in [-0.25, -0.2) is 0 Å². The number of nitrogens with zero attached hydrogens (tertiary/aromatic N) is 1. The molecule has 1 aromatic heterocycles. The van der Waals surface area contributed by atoms with E-state index >= 15 is 0 Å². The van der Waals surface area contributed by atoms with Crippen LogP contribution in [0, 0.1) is 11.3 Å². The highest BCUT2D eigenvalue weighted by atomic mass is 19.3. The van der Waals surface area contributed by atoms with E-state index < -0.39 is 12.4 Å². The quantitative estimate of drug-likeness (QED) is 0.393. The first kappa shape index (κ1) is 18.1. The fourth-order valence-corrected chi connectivity index (χ4v) is 2.73. The lowest BCUT2D eigenvalue weighted by Crippen LogP contribution is -2.06. The van der Waals surface area contributed by atoms with Crippen LogP contribution in [0.25, 0.3) is 17.0 Å². The van der Waals surface area contributed by atoms with Crippen LogP contribution in [0.5, 0.6) is 11.5 Å². The van der Waals surface area contributed by atoms with Gasteiger partial charge in [0, 0.05) is 28.2 Å². The highest BCUT2D eigenvalue weighted by Crippen LogP contribution is 2.34. The third kappa shape index (κ3) is 3.65. The van der Waals surface area contributed by atoms with Crippen molar-refractivity contribution in [2.75, 3.05) is 7.11 Å². The topological polar surface area (TPSA) is 75.1 Å². The van der Waals surface area contributed by atoms with Gasteiger partial charge in [0.25, 0.3) is 0 Å². The number of ether oxygens (including phenoxy) is 2. The molecule has 0 saturated heterocycles. The number of aromatic amines is 1. The van der Waals surface area contributed by atoms with E-state index in [2.05, 4.69) is 9.72 Å². The molecule has 0 bridgehead atoms. The highest BCUT2D eigenvalue weighted by Gasteiger charge is 2.19. The number of H-pyrrole nitrogens is 1. The van der Waals surface area contributed by atoms with Crippen molar-refractivity contribution in [3.63, 3.8) is 0 Å². The Kier molecular flexibility index (Phi) is 5.18. The highest BCUT2D eigenvalue weighted by molar-refractivity contribution is 6.19. The van der Waals surface area contributed by atoms with Gasteiger partial charge in [0.1, 0.15) is 11.6 Å². The average Bonchev–Trinajstić information content (AvgIpc) is 3.10. The fraction of sp³-hybridized carbons (Fsp3) is 0.100. The van der Waals surface area contributed by atoms with E-state index in [0.717, 1.165) is 5.52 Å². The number of nitriles is 1. The van der Waals surface area contributed by atoms with Crippen molar-refractivity contribution in [3.05, 3.63) is 65.4 Å². The molecule has 0 fully saturated rings. The zero-order valence-electron chi connectivity index (χ0n) is 14.2. The molecule has 0 aliphatic rings. The van der Waals surface area contributed by atoms with Crippen LogP contribution >= 0.6 is 0 Å². The first-order valence-corrected chi connectivity index (χ1v) is 7.89. The van der Waals surface area contributed by atoms with Gasteiger partial charge < -0.3 is 14.5 Å². The third-order valence-corrected chi connectivity index (χ3v) is 3.94. The summed E-state index contributed by atoms with van der Waals surface area (Å²) in [7, 11) is 1.31. The SMILES string of the molecule is COc1cccc(C=C(C#N)C(=O)c2c[nH]c3ccccc23)c1OC(F)F. The number of para-hydroxylation sites is 2. The molecule has 5 nitrogen and oxygen atoms in total. The lowest BCUT2D eigenvalue weighted by atomic mass is 10.0. The maximum Gasteiger partial charge on any atom is 0.387 e. The number of allylic oxidation sites excluding steroid dienone is 1. The minimum atomic E-state index is -3.08. The lowest BCUT2D eigenvalue weighted by molar-refractivity contribution is -0.0513. The minimum Gasteiger partial charge on any atom is -0.493 e. The van der Waals surface area contributed by atoms with Gasteiger partial charge in [0.2, 0.25) is 5.78 Å². The van der Waals surface area contributed by atoms with E-state index in [9.17, 15) is 18.8 Å². The Morgan fingerprint density at radius 3 is 2.70 bits per heavy atom. The van der Waals surface area contributed by atoms with Crippen molar-refractivity contribution >= 4 is 22.8 Å². The van der Waals surface area contributed by atoms with Gasteiger partial charge in [-0.3, -0.25) is 4.79 Å². The molecule has 0 aliphatic carbocycles. The van der Waals surface area contributed by atoms with Crippen molar-refractivity contribution in [3.8, 4) is 17.6 Å². The maximum absolute atomic E-state index is 12.8. The van der Waals surface area contributed by atoms with Gasteiger partial charge >= 0.3 is 6.61 Å². The molecule has 0 aliphatic heterocycles. The monoisotopic (exact) mass is 368 g/mol. The van der Waals surface area contributed by atoms with Gasteiger partial charge in [-0.2, -0.15) is 14.0 Å². The van der Waals surface area contributed by atoms with Crippen molar-refractivity contribution in [2.24, 2.45) is 0 Å². The van der Waals surface area contributed by atoms with E-state index in [0.29, 0.717) is 10.9 Å². The number of benzene rings is 2. The molecule has 0 unspecified atom stereocenters. The predicted molar refractivity (Wildman–Crippen MR) is 95.8 cm³/mol. The molecule has 0 radical (unpaired) electrons. The number of carbonyl (C=O) groups is 1. The minimum absolute atomic E-state index is 0.0703. The number of Topliss-reactive ketones (excluding diaryl/α,β-unsaturated/α-hetero) is 1. The summed E-state index contributed by atoms with van der Waals surface area (Å²) in [4.78, 5) is 15.8. The molecule has 1 N–H and O–H groups in total. The van der Waals surface area contributed by atoms with Crippen molar-refractivity contribution in [1.82, 2.24) is 4.98 Å². The van der Waals surface area contributed by atoms with Crippen LogP contribution in [0.15, 0.2) is 54.2 Å². The third-order valence-electron chi connectivity index (χ3n) is 3.94. The number of methoxy groups -OCH3 is 1. The lowest BCUT2D eigenvalue weighted by Gasteiger charge is -2.12. The molecule has 0 saturated carbocycles. The first-order chi connectivity index (χ1) is 13.0. The molecule has 27 heavy (non-hydrogen) atoms. The van der Waals surface area contributed by atoms with E-state index in [4.69, 9.17) is 4.74 Å². The molecule has 136 valence electrons. The Labute approximate surface area is 153 Å². The second-order valence-corrected chi connectivity index (χ2v) is 5.50. The summed E-state index contributed by atoms with van der Waals surface area (Å²) in [6.07, 6.45) is 2.73. The van der Waals surface area contributed by atoms with Gasteiger partial charge in [0.05, 0.1) is 7.11 Å². The molecule has 0 amide bonds. The largest absolute Gasteiger partial charge is 0.493 e. The first-order valence-electron chi connectivity index (χ1n) is 7.89. The number of ketones is 1. The summed E-state index contributed by atoms with van der Waals surface area (Å²) in [5.41, 5.74) is 0.991. The van der Waals surface area contributed by atoms with Gasteiger partial charge in [0.15, 0.2) is 11.5 Å². The summed E-state index contributed by atoms with van der Waals surface area (Å²) in [6.45, 7) is -3.08. The van der Waals surface area contributed by atoms with E-state index in [-0.39, 0.29) is 22.6 Å². The Hall–Kier alpha value is -3.66. The maximum atomic E-state index is 12.8. The molecule has 3 rings (SSSR count). The van der Waals surface area contributed by atoms with Gasteiger partial charge in [-0.15, -0.1) is 0 Å². The normalized spacial score (nSPS) is 11.4. The number of fused-ring (bicyclic) bond motifs is 1. The van der Waals surface area contributed by atoms with Crippen LogP contribution in [0.2, 0.25) is 0 Å². The summed E-state index contributed by atoms with van der Waals surface area (Å²) in [6, 6.07) is 13.4. The number of nitrogens with one attached hydrogen (secondary N) is 1. The standard InChI is InChI=1S/C20H14F2N2O3/c1-26-17-8-4-5-12(19(17)27-20(21)22)9-13(10-23)18(25)15-11-24-16-7-3-2-6-14(15)16/h2-9,11,20,24H,1H3. The van der Waals surface area contributed by atoms with Crippen LogP contribution in [0.1, 0.15) is 15.9 Å². The number of alkyl halides is 2. The molecule has 0 atom stereocenters. The summed E-state index contributed by atoms with van der Waals surface area (Å²) in [5.74, 6) is -0.698. The van der Waals surface area contributed by atoms with E-state index in [1.807, 2.05) is 12.1 Å². The second-order valence-electron chi connectivity index (χ2n) is 5.50. The van der Waals surface area contributed by atoms with Crippen LogP contribution in [-0.4, -0.2) is 24.5 Å². The second kappa shape index (κ2) is 7.70. The number of aromatic nitrogens is 1. The van der Waals surface area contributed by atoms with Gasteiger partial charge in [-0.05, 0) is 18.2 Å². The summed E-state index contributed by atoms with van der Waals surface area (Å²) in [5, 5.41) is 10.1. The van der Waals surface area contributed by atoms with Crippen LogP contribution < -0.4 is 9.47 Å². The molecule has 3 aromatic rings. The van der Waals surface area contributed by atoms with E-state index in [1.165, 1.54) is 31.5 Å². The van der Waals surface area contributed by atoms with Crippen molar-refractivity contribution in [2.45, 2.75) is 6.61 Å². The molecule has 0 spiro atoms. The average molecular weight is 368 g/mol. The molecular formula is C20H14F2N2O3. The number of hydrogen-bond donors (Lipinski definition) is 1. The summed E-state index contributed by atoms with van der Waals surface area (Å²) >= 11 is 0. The van der Waals surface area contributed by atoms with Crippen LogP contribution in [0.3, 0.4) is 0 Å². The molecule has 2 aromatic carbocycles. The number of halogens is 2. The molecule has 1 heterocycles. The number of rotatable bonds is 6. The van der Waals surface area contributed by atoms with Crippen LogP contribution in [0.4, 0.5) is 8.78 Å². The Balaban J connectivity index is 2.07. The Bertz CT molecular complexity index is 1060. The zero-order chi connectivity index (χ0) is 19.4. The zero-order valence-corrected chi connectivity index (χ0v) is 14.2. The van der Waals surface area contributed by atoms with Crippen molar-refractivity contribution in [1.29, 1.82) is 5.26 Å².